The topological polar surface area (TPSA) is 60.2 Å². The van der Waals surface area contributed by atoms with Crippen LogP contribution in [0.15, 0.2) is 42.5 Å². The van der Waals surface area contributed by atoms with Crippen LogP contribution >= 0.6 is 0 Å². The van der Waals surface area contributed by atoms with Crippen molar-refractivity contribution in [1.29, 1.82) is 0 Å². The van der Waals surface area contributed by atoms with E-state index in [0.717, 1.165) is 5.56 Å². The van der Waals surface area contributed by atoms with Crippen molar-refractivity contribution in [3.63, 3.8) is 0 Å². The van der Waals surface area contributed by atoms with Gasteiger partial charge in [-0.15, -0.1) is 0 Å². The summed E-state index contributed by atoms with van der Waals surface area (Å²) in [5.74, 6) is -0.193. The smallest absolute Gasteiger partial charge is 0.273 e. The lowest BCUT2D eigenvalue weighted by molar-refractivity contribution is -0.385. The molecule has 0 aliphatic heterocycles. The van der Waals surface area contributed by atoms with Crippen LogP contribution in [0.1, 0.15) is 27.0 Å². The molecular formula is C15H13NO3. The molecule has 0 saturated heterocycles. The second-order valence-corrected chi connectivity index (χ2v) is 4.40. The van der Waals surface area contributed by atoms with Gasteiger partial charge < -0.3 is 0 Å². The first-order valence-electron chi connectivity index (χ1n) is 5.86. The third-order valence-electron chi connectivity index (χ3n) is 3.06. The molecule has 0 N–H and O–H groups in total. The first kappa shape index (κ1) is 13.0. The summed E-state index contributed by atoms with van der Waals surface area (Å²) in [4.78, 5) is 22.8. The van der Waals surface area contributed by atoms with Gasteiger partial charge in [0, 0.05) is 22.8 Å². The maximum Gasteiger partial charge on any atom is 0.273 e. The summed E-state index contributed by atoms with van der Waals surface area (Å²) in [5, 5.41) is 10.9. The van der Waals surface area contributed by atoms with E-state index in [1.165, 1.54) is 6.07 Å². The van der Waals surface area contributed by atoms with E-state index < -0.39 is 4.92 Å². The van der Waals surface area contributed by atoms with E-state index in [4.69, 9.17) is 0 Å². The Morgan fingerprint density at radius 3 is 2.37 bits per heavy atom. The summed E-state index contributed by atoms with van der Waals surface area (Å²) in [5.41, 5.74) is 2.29. The number of benzene rings is 2. The highest BCUT2D eigenvalue weighted by Crippen LogP contribution is 2.22. The minimum atomic E-state index is -0.468. The predicted molar refractivity (Wildman–Crippen MR) is 72.4 cm³/mol. The summed E-state index contributed by atoms with van der Waals surface area (Å²) in [6.45, 7) is 3.50. The number of hydrogen-bond donors (Lipinski definition) is 0. The third-order valence-corrected chi connectivity index (χ3v) is 3.06. The van der Waals surface area contributed by atoms with E-state index >= 15 is 0 Å². The fourth-order valence-corrected chi connectivity index (χ4v) is 1.93. The van der Waals surface area contributed by atoms with Crippen LogP contribution < -0.4 is 0 Å². The van der Waals surface area contributed by atoms with Crippen LogP contribution in [0.3, 0.4) is 0 Å². The van der Waals surface area contributed by atoms with Crippen molar-refractivity contribution in [3.05, 3.63) is 74.8 Å². The highest BCUT2D eigenvalue weighted by Gasteiger charge is 2.17. The molecule has 0 bridgehead atoms. The molecule has 0 spiro atoms. The van der Waals surface area contributed by atoms with Crippen molar-refractivity contribution in [2.24, 2.45) is 0 Å². The van der Waals surface area contributed by atoms with Gasteiger partial charge in [0.15, 0.2) is 5.78 Å². The number of ketones is 1. The summed E-state index contributed by atoms with van der Waals surface area (Å²) >= 11 is 0. The maximum absolute atomic E-state index is 12.3. The van der Waals surface area contributed by atoms with Crippen LogP contribution in [-0.4, -0.2) is 10.7 Å². The lowest BCUT2D eigenvalue weighted by Gasteiger charge is -2.05. The van der Waals surface area contributed by atoms with Crippen LogP contribution in [-0.2, 0) is 0 Å². The van der Waals surface area contributed by atoms with Crippen LogP contribution in [0.4, 0.5) is 5.69 Å². The number of rotatable bonds is 3. The van der Waals surface area contributed by atoms with Crippen molar-refractivity contribution in [2.45, 2.75) is 13.8 Å². The summed E-state index contributed by atoms with van der Waals surface area (Å²) in [6.07, 6.45) is 0. The monoisotopic (exact) mass is 255 g/mol. The van der Waals surface area contributed by atoms with Crippen LogP contribution in [0.5, 0.6) is 0 Å². The second-order valence-electron chi connectivity index (χ2n) is 4.40. The first-order chi connectivity index (χ1) is 9.00. The van der Waals surface area contributed by atoms with E-state index in [9.17, 15) is 14.9 Å². The zero-order valence-electron chi connectivity index (χ0n) is 10.7. The molecule has 4 nitrogen and oxygen atoms in total. The SMILES string of the molecule is Cc1ccccc1C(=O)c1ccc(C)c([N+](=O)[O-])c1. The fourth-order valence-electron chi connectivity index (χ4n) is 1.93. The largest absolute Gasteiger partial charge is 0.289 e. The number of carbonyl (C=O) groups excluding carboxylic acids is 1. The molecule has 2 rings (SSSR count). The van der Waals surface area contributed by atoms with Crippen LogP contribution in [0.2, 0.25) is 0 Å². The average molecular weight is 255 g/mol. The number of nitro benzene ring substituents is 1. The number of nitro groups is 1. The molecule has 0 radical (unpaired) electrons. The summed E-state index contributed by atoms with van der Waals surface area (Å²) in [7, 11) is 0. The molecule has 0 aromatic heterocycles. The Morgan fingerprint density at radius 2 is 1.74 bits per heavy atom. The van der Waals surface area contributed by atoms with E-state index in [1.54, 1.807) is 31.2 Å². The standard InChI is InChI=1S/C15H13NO3/c1-10-5-3-4-6-13(10)15(17)12-8-7-11(2)14(9-12)16(18)19/h3-9H,1-2H3. The van der Waals surface area contributed by atoms with Crippen molar-refractivity contribution in [3.8, 4) is 0 Å². The molecule has 0 fully saturated rings. The molecule has 0 heterocycles. The number of aryl methyl sites for hydroxylation is 2. The van der Waals surface area contributed by atoms with E-state index in [1.807, 2.05) is 19.1 Å². The molecule has 0 aliphatic carbocycles. The number of nitrogens with zero attached hydrogens (tertiary/aromatic N) is 1. The van der Waals surface area contributed by atoms with Gasteiger partial charge in [0.25, 0.3) is 5.69 Å². The maximum atomic E-state index is 12.3. The Morgan fingerprint density at radius 1 is 1.05 bits per heavy atom. The van der Waals surface area contributed by atoms with Gasteiger partial charge in [-0.1, -0.05) is 36.4 Å². The van der Waals surface area contributed by atoms with Gasteiger partial charge in [0.05, 0.1) is 4.92 Å². The Kier molecular flexibility index (Phi) is 3.42. The van der Waals surface area contributed by atoms with Gasteiger partial charge in [-0.05, 0) is 19.4 Å². The Balaban J connectivity index is 2.49. The Bertz CT molecular complexity index is 662. The van der Waals surface area contributed by atoms with Gasteiger partial charge in [0.2, 0.25) is 0 Å². The summed E-state index contributed by atoms with van der Waals surface area (Å²) < 4.78 is 0. The average Bonchev–Trinajstić information content (AvgIpc) is 2.38. The molecule has 2 aromatic rings. The second kappa shape index (κ2) is 5.02. The minimum absolute atomic E-state index is 0.0283. The molecule has 0 unspecified atom stereocenters. The number of hydrogen-bond acceptors (Lipinski definition) is 3. The van der Waals surface area contributed by atoms with Crippen LogP contribution in [0.25, 0.3) is 0 Å². The predicted octanol–water partition coefficient (Wildman–Crippen LogP) is 3.44. The molecule has 0 amide bonds. The fraction of sp³-hybridized carbons (Fsp3) is 0.133. The molecule has 0 atom stereocenters. The van der Waals surface area contributed by atoms with E-state index in [2.05, 4.69) is 0 Å². The molecule has 4 heteroatoms. The zero-order chi connectivity index (χ0) is 14.0. The van der Waals surface area contributed by atoms with Crippen LogP contribution in [0, 0.1) is 24.0 Å². The summed E-state index contributed by atoms with van der Waals surface area (Å²) in [6, 6.07) is 11.8. The molecule has 0 saturated carbocycles. The molecule has 0 aliphatic rings. The van der Waals surface area contributed by atoms with Crippen molar-refractivity contribution < 1.29 is 9.72 Å². The van der Waals surface area contributed by atoms with E-state index in [0.29, 0.717) is 16.7 Å². The third kappa shape index (κ3) is 2.52. The molecule has 2 aromatic carbocycles. The van der Waals surface area contributed by atoms with Crippen molar-refractivity contribution in [1.82, 2.24) is 0 Å². The van der Waals surface area contributed by atoms with E-state index in [-0.39, 0.29) is 11.5 Å². The lowest BCUT2D eigenvalue weighted by Crippen LogP contribution is -2.04. The van der Waals surface area contributed by atoms with Gasteiger partial charge in [0.1, 0.15) is 0 Å². The number of carbonyl (C=O) groups is 1. The van der Waals surface area contributed by atoms with Gasteiger partial charge in [-0.3, -0.25) is 14.9 Å². The Hall–Kier alpha value is -2.49. The molecule has 19 heavy (non-hydrogen) atoms. The molecular weight excluding hydrogens is 242 g/mol. The quantitative estimate of drug-likeness (QED) is 0.479. The van der Waals surface area contributed by atoms with Gasteiger partial charge in [-0.2, -0.15) is 0 Å². The minimum Gasteiger partial charge on any atom is -0.289 e. The van der Waals surface area contributed by atoms with Crippen molar-refractivity contribution >= 4 is 11.5 Å². The zero-order valence-corrected chi connectivity index (χ0v) is 10.7. The van der Waals surface area contributed by atoms with Gasteiger partial charge >= 0.3 is 0 Å². The highest BCUT2D eigenvalue weighted by atomic mass is 16.6. The normalized spacial score (nSPS) is 10.2. The Labute approximate surface area is 110 Å². The van der Waals surface area contributed by atoms with Crippen molar-refractivity contribution in [2.75, 3.05) is 0 Å². The lowest BCUT2D eigenvalue weighted by atomic mass is 9.98. The first-order valence-corrected chi connectivity index (χ1v) is 5.86. The highest BCUT2D eigenvalue weighted by molar-refractivity contribution is 6.10. The molecule has 96 valence electrons. The van der Waals surface area contributed by atoms with Gasteiger partial charge in [-0.25, -0.2) is 0 Å².